The van der Waals surface area contributed by atoms with E-state index in [-0.39, 0.29) is 18.4 Å². The number of nitrogens with zero attached hydrogens (tertiary/aromatic N) is 2. The third-order valence-corrected chi connectivity index (χ3v) is 4.73. The van der Waals surface area contributed by atoms with Crippen LogP contribution in [0.5, 0.6) is 10.9 Å². The lowest BCUT2D eigenvalue weighted by atomic mass is 10.3. The van der Waals surface area contributed by atoms with E-state index in [1.54, 1.807) is 30.5 Å². The molecule has 1 heterocycles. The summed E-state index contributed by atoms with van der Waals surface area (Å²) in [6.07, 6.45) is 2.67. The molecule has 1 aliphatic rings. The molecule has 8 heteroatoms. The molecule has 0 spiro atoms. The summed E-state index contributed by atoms with van der Waals surface area (Å²) in [6, 6.07) is 6.23. The van der Waals surface area contributed by atoms with Crippen LogP contribution in [0.4, 0.5) is 4.79 Å². The minimum Gasteiger partial charge on any atom is -0.431 e. The van der Waals surface area contributed by atoms with Gasteiger partial charge in [-0.15, -0.1) is 0 Å². The molecule has 3 rings (SSSR count). The van der Waals surface area contributed by atoms with E-state index in [0.717, 1.165) is 11.3 Å². The SMILES string of the molecule is NC(=O)N(O)C[C@@H]1C[C@H]1c1cnc(Oc2ccc(Cl)cc2)s1. The predicted octanol–water partition coefficient (Wildman–Crippen LogP) is 3.46. The largest absolute Gasteiger partial charge is 0.431 e. The van der Waals surface area contributed by atoms with Crippen molar-refractivity contribution < 1.29 is 14.7 Å². The van der Waals surface area contributed by atoms with Gasteiger partial charge in [0.1, 0.15) is 5.75 Å². The van der Waals surface area contributed by atoms with E-state index in [9.17, 15) is 10.0 Å². The van der Waals surface area contributed by atoms with E-state index in [1.165, 1.54) is 11.3 Å². The fourth-order valence-electron chi connectivity index (χ4n) is 2.20. The highest BCUT2D eigenvalue weighted by Crippen LogP contribution is 2.50. The van der Waals surface area contributed by atoms with Crippen molar-refractivity contribution in [2.75, 3.05) is 6.54 Å². The molecular weight excluding hydrogens is 326 g/mol. The number of hydrogen-bond acceptors (Lipinski definition) is 5. The number of hydrogen-bond donors (Lipinski definition) is 2. The van der Waals surface area contributed by atoms with Gasteiger partial charge in [-0.2, -0.15) is 0 Å². The van der Waals surface area contributed by atoms with Gasteiger partial charge in [-0.25, -0.2) is 14.8 Å². The van der Waals surface area contributed by atoms with E-state index < -0.39 is 6.03 Å². The maximum atomic E-state index is 10.8. The monoisotopic (exact) mass is 339 g/mol. The lowest BCUT2D eigenvalue weighted by Crippen LogP contribution is -2.34. The summed E-state index contributed by atoms with van der Waals surface area (Å²) in [4.78, 5) is 16.1. The van der Waals surface area contributed by atoms with Crippen LogP contribution in [0.1, 0.15) is 17.2 Å². The summed E-state index contributed by atoms with van der Waals surface area (Å²) < 4.78 is 5.66. The van der Waals surface area contributed by atoms with Crippen LogP contribution in [-0.4, -0.2) is 27.8 Å². The van der Waals surface area contributed by atoms with Crippen LogP contribution < -0.4 is 10.5 Å². The molecular formula is C14H14ClN3O3S. The van der Waals surface area contributed by atoms with Crippen molar-refractivity contribution in [1.82, 2.24) is 10.0 Å². The molecule has 1 saturated carbocycles. The zero-order valence-corrected chi connectivity index (χ0v) is 13.0. The second kappa shape index (κ2) is 6.12. The lowest BCUT2D eigenvalue weighted by Gasteiger charge is -2.10. The molecule has 0 bridgehead atoms. The fraction of sp³-hybridized carbons (Fsp3) is 0.286. The predicted molar refractivity (Wildman–Crippen MR) is 82.6 cm³/mol. The second-order valence-electron chi connectivity index (χ2n) is 5.11. The molecule has 1 aliphatic carbocycles. The number of primary amides is 1. The molecule has 22 heavy (non-hydrogen) atoms. The van der Waals surface area contributed by atoms with Crippen molar-refractivity contribution in [3.05, 3.63) is 40.4 Å². The van der Waals surface area contributed by atoms with Crippen molar-refractivity contribution >= 4 is 29.0 Å². The standard InChI is InChI=1S/C14H14ClN3O3S/c15-9-1-3-10(4-2-9)21-14-17-6-12(22-14)11-5-8(11)7-18(20)13(16)19/h1-4,6,8,11,20H,5,7H2,(H2,16,19)/t8-,11+/m0/s1. The average molecular weight is 340 g/mol. The first-order chi connectivity index (χ1) is 10.5. The first kappa shape index (κ1) is 15.1. The highest BCUT2D eigenvalue weighted by atomic mass is 35.5. The molecule has 1 aromatic heterocycles. The molecule has 0 unspecified atom stereocenters. The lowest BCUT2D eigenvalue weighted by molar-refractivity contribution is -0.0431. The summed E-state index contributed by atoms with van der Waals surface area (Å²) in [5.74, 6) is 1.17. The highest BCUT2D eigenvalue weighted by Gasteiger charge is 2.41. The Balaban J connectivity index is 1.58. The Labute approximate surface area is 136 Å². The van der Waals surface area contributed by atoms with Gasteiger partial charge < -0.3 is 10.5 Å². The molecule has 3 N–H and O–H groups in total. The molecule has 1 aromatic carbocycles. The number of carbonyl (C=O) groups is 1. The molecule has 116 valence electrons. The van der Waals surface area contributed by atoms with E-state index in [0.29, 0.717) is 21.0 Å². The smallest absolute Gasteiger partial charge is 0.338 e. The van der Waals surface area contributed by atoms with Crippen LogP contribution in [0.25, 0.3) is 0 Å². The quantitative estimate of drug-likeness (QED) is 0.645. The third kappa shape index (κ3) is 3.49. The van der Waals surface area contributed by atoms with Gasteiger partial charge in [-0.05, 0) is 42.5 Å². The molecule has 0 saturated heterocycles. The number of thiazole rings is 1. The maximum absolute atomic E-state index is 10.8. The number of carbonyl (C=O) groups excluding carboxylic acids is 1. The van der Waals surface area contributed by atoms with Crippen molar-refractivity contribution in [3.8, 4) is 10.9 Å². The van der Waals surface area contributed by atoms with Gasteiger partial charge in [0.15, 0.2) is 0 Å². The van der Waals surface area contributed by atoms with Crippen molar-refractivity contribution in [1.29, 1.82) is 0 Å². The third-order valence-electron chi connectivity index (χ3n) is 3.47. The number of urea groups is 1. The van der Waals surface area contributed by atoms with Crippen LogP contribution in [-0.2, 0) is 0 Å². The summed E-state index contributed by atoms with van der Waals surface area (Å²) in [5, 5.41) is 11.1. The molecule has 2 amide bonds. The first-order valence-electron chi connectivity index (χ1n) is 6.68. The Kier molecular flexibility index (Phi) is 4.19. The number of benzene rings is 1. The van der Waals surface area contributed by atoms with Crippen LogP contribution >= 0.6 is 22.9 Å². The Morgan fingerprint density at radius 1 is 1.50 bits per heavy atom. The van der Waals surface area contributed by atoms with Crippen LogP contribution in [0.2, 0.25) is 5.02 Å². The highest BCUT2D eigenvalue weighted by molar-refractivity contribution is 7.13. The second-order valence-corrected chi connectivity index (χ2v) is 6.57. The minimum atomic E-state index is -0.832. The van der Waals surface area contributed by atoms with Crippen LogP contribution in [0.3, 0.4) is 0 Å². The van der Waals surface area contributed by atoms with E-state index in [4.69, 9.17) is 22.1 Å². The molecule has 0 aliphatic heterocycles. The minimum absolute atomic E-state index is 0.210. The van der Waals surface area contributed by atoms with Gasteiger partial charge in [0.25, 0.3) is 5.19 Å². The number of halogens is 1. The van der Waals surface area contributed by atoms with Gasteiger partial charge in [-0.1, -0.05) is 22.9 Å². The van der Waals surface area contributed by atoms with Gasteiger partial charge in [-0.3, -0.25) is 5.21 Å². The number of rotatable bonds is 5. The Morgan fingerprint density at radius 2 is 2.23 bits per heavy atom. The number of ether oxygens (including phenoxy) is 1. The number of amides is 2. The average Bonchev–Trinajstić information content (AvgIpc) is 3.09. The topological polar surface area (TPSA) is 88.7 Å². The molecule has 1 fully saturated rings. The van der Waals surface area contributed by atoms with Gasteiger partial charge in [0.05, 0.1) is 6.54 Å². The van der Waals surface area contributed by atoms with Crippen molar-refractivity contribution in [3.63, 3.8) is 0 Å². The number of aromatic nitrogens is 1. The Morgan fingerprint density at radius 3 is 2.91 bits per heavy atom. The number of hydroxylamine groups is 2. The van der Waals surface area contributed by atoms with Crippen molar-refractivity contribution in [2.24, 2.45) is 11.7 Å². The van der Waals surface area contributed by atoms with Crippen LogP contribution in [0.15, 0.2) is 30.5 Å². The molecule has 2 aromatic rings. The summed E-state index contributed by atoms with van der Waals surface area (Å²) >= 11 is 7.28. The van der Waals surface area contributed by atoms with Gasteiger partial charge >= 0.3 is 6.03 Å². The van der Waals surface area contributed by atoms with Crippen molar-refractivity contribution in [2.45, 2.75) is 12.3 Å². The van der Waals surface area contributed by atoms with Gasteiger partial charge in [0, 0.05) is 16.1 Å². The summed E-state index contributed by atoms with van der Waals surface area (Å²) in [7, 11) is 0. The maximum Gasteiger partial charge on any atom is 0.338 e. The summed E-state index contributed by atoms with van der Waals surface area (Å²) in [5.41, 5.74) is 4.99. The number of nitrogens with two attached hydrogens (primary N) is 1. The van der Waals surface area contributed by atoms with E-state index >= 15 is 0 Å². The van der Waals surface area contributed by atoms with E-state index in [2.05, 4.69) is 4.98 Å². The zero-order chi connectivity index (χ0) is 15.7. The first-order valence-corrected chi connectivity index (χ1v) is 7.87. The van der Waals surface area contributed by atoms with E-state index in [1.807, 2.05) is 0 Å². The zero-order valence-electron chi connectivity index (χ0n) is 11.5. The summed E-state index contributed by atoms with van der Waals surface area (Å²) in [6.45, 7) is 0.241. The normalized spacial score (nSPS) is 19.7. The molecule has 2 atom stereocenters. The fourth-order valence-corrected chi connectivity index (χ4v) is 3.32. The molecule has 6 nitrogen and oxygen atoms in total. The molecule has 0 radical (unpaired) electrons. The van der Waals surface area contributed by atoms with Crippen LogP contribution in [0, 0.1) is 5.92 Å². The Hall–Kier alpha value is -1.83. The Bertz CT molecular complexity index is 676. The van der Waals surface area contributed by atoms with Gasteiger partial charge in [0.2, 0.25) is 0 Å².